The van der Waals surface area contributed by atoms with Gasteiger partial charge in [0.2, 0.25) is 0 Å². The van der Waals surface area contributed by atoms with E-state index >= 15 is 0 Å². The van der Waals surface area contributed by atoms with E-state index in [1.54, 1.807) is 19.2 Å². The van der Waals surface area contributed by atoms with Gasteiger partial charge in [0.25, 0.3) is 0 Å². The molecule has 0 fully saturated rings. The van der Waals surface area contributed by atoms with Crippen LogP contribution in [0.1, 0.15) is 23.6 Å². The molecule has 0 atom stereocenters. The van der Waals surface area contributed by atoms with Crippen LogP contribution in [0.2, 0.25) is 0 Å². The molecule has 0 unspecified atom stereocenters. The molecule has 2 rings (SSSR count). The minimum Gasteiger partial charge on any atom is -0.356 e. The third-order valence-electron chi connectivity index (χ3n) is 4.26. The summed E-state index contributed by atoms with van der Waals surface area (Å²) in [6, 6.07) is 15.3. The molecule has 0 radical (unpaired) electrons. The molecule has 0 heterocycles. The Morgan fingerprint density at radius 2 is 1.74 bits per heavy atom. The first-order valence-electron chi connectivity index (χ1n) is 9.06. The van der Waals surface area contributed by atoms with Gasteiger partial charge in [-0.1, -0.05) is 43.3 Å². The van der Waals surface area contributed by atoms with E-state index in [2.05, 4.69) is 58.8 Å². The van der Waals surface area contributed by atoms with Crippen molar-refractivity contribution in [1.82, 2.24) is 15.5 Å². The van der Waals surface area contributed by atoms with E-state index in [4.69, 9.17) is 0 Å². The molecule has 0 saturated heterocycles. The van der Waals surface area contributed by atoms with Gasteiger partial charge in [-0.05, 0) is 48.8 Å². The lowest BCUT2D eigenvalue weighted by atomic mass is 10.1. The summed E-state index contributed by atoms with van der Waals surface area (Å²) in [5.74, 6) is 0.552. The van der Waals surface area contributed by atoms with E-state index in [-0.39, 0.29) is 29.8 Å². The van der Waals surface area contributed by atoms with Crippen molar-refractivity contribution in [3.05, 3.63) is 71.0 Å². The lowest BCUT2D eigenvalue weighted by Gasteiger charge is -2.15. The second-order valence-corrected chi connectivity index (χ2v) is 6.38. The van der Waals surface area contributed by atoms with Crippen LogP contribution in [-0.2, 0) is 19.5 Å². The maximum atomic E-state index is 13.2. The van der Waals surface area contributed by atoms with Crippen LogP contribution in [0.25, 0.3) is 0 Å². The number of aliphatic imine (C=N–C) groups is 1. The number of hydrogen-bond donors (Lipinski definition) is 2. The van der Waals surface area contributed by atoms with Crippen molar-refractivity contribution < 1.29 is 4.39 Å². The largest absolute Gasteiger partial charge is 0.356 e. The topological polar surface area (TPSA) is 39.7 Å². The van der Waals surface area contributed by atoms with E-state index in [9.17, 15) is 4.39 Å². The van der Waals surface area contributed by atoms with E-state index in [1.165, 1.54) is 17.2 Å². The average molecular weight is 484 g/mol. The summed E-state index contributed by atoms with van der Waals surface area (Å²) in [6.07, 6.45) is 0.747. The predicted octanol–water partition coefficient (Wildman–Crippen LogP) is 3.80. The maximum Gasteiger partial charge on any atom is 0.191 e. The third kappa shape index (κ3) is 8.71. The molecule has 2 aromatic carbocycles. The van der Waals surface area contributed by atoms with Gasteiger partial charge < -0.3 is 15.5 Å². The van der Waals surface area contributed by atoms with E-state index < -0.39 is 0 Å². The number of rotatable bonds is 8. The zero-order valence-electron chi connectivity index (χ0n) is 16.3. The first kappa shape index (κ1) is 23.4. The fourth-order valence-corrected chi connectivity index (χ4v) is 2.69. The minimum absolute atomic E-state index is 0. The highest BCUT2D eigenvalue weighted by Gasteiger charge is 2.02. The summed E-state index contributed by atoms with van der Waals surface area (Å²) in [4.78, 5) is 6.53. The fourth-order valence-electron chi connectivity index (χ4n) is 2.69. The summed E-state index contributed by atoms with van der Waals surface area (Å²) in [5, 5.41) is 6.60. The monoisotopic (exact) mass is 484 g/mol. The van der Waals surface area contributed by atoms with Crippen molar-refractivity contribution in [3.63, 3.8) is 0 Å². The first-order chi connectivity index (χ1) is 12.6. The highest BCUT2D eigenvalue weighted by molar-refractivity contribution is 14.0. The van der Waals surface area contributed by atoms with Crippen molar-refractivity contribution in [2.75, 3.05) is 27.2 Å². The van der Waals surface area contributed by atoms with Crippen LogP contribution >= 0.6 is 24.0 Å². The molecule has 0 bridgehead atoms. The number of benzene rings is 2. The summed E-state index contributed by atoms with van der Waals surface area (Å²) < 4.78 is 13.2. The SMILES string of the molecule is CCN(C)Cc1cccc(CNC(=NC)NCCc2cccc(F)c2)c1.I. The zero-order chi connectivity index (χ0) is 18.8. The van der Waals surface area contributed by atoms with Gasteiger partial charge in [-0.3, -0.25) is 4.99 Å². The highest BCUT2D eigenvalue weighted by Crippen LogP contribution is 2.07. The van der Waals surface area contributed by atoms with Crippen molar-refractivity contribution in [3.8, 4) is 0 Å². The molecular weight excluding hydrogens is 454 g/mol. The van der Waals surface area contributed by atoms with Gasteiger partial charge in [0.15, 0.2) is 5.96 Å². The van der Waals surface area contributed by atoms with E-state index in [0.29, 0.717) is 13.1 Å². The van der Waals surface area contributed by atoms with Crippen molar-refractivity contribution >= 4 is 29.9 Å². The molecule has 0 saturated carbocycles. The van der Waals surface area contributed by atoms with Crippen LogP contribution in [0.3, 0.4) is 0 Å². The normalized spacial score (nSPS) is 11.2. The maximum absolute atomic E-state index is 13.2. The predicted molar refractivity (Wildman–Crippen MR) is 122 cm³/mol. The van der Waals surface area contributed by atoms with Crippen LogP contribution in [0.15, 0.2) is 53.5 Å². The Kier molecular flexibility index (Phi) is 11.0. The van der Waals surface area contributed by atoms with Gasteiger partial charge in [0.1, 0.15) is 5.82 Å². The molecule has 2 aromatic rings. The Hall–Kier alpha value is -1.67. The quantitative estimate of drug-likeness (QED) is 0.340. The Balaban J connectivity index is 0.00000364. The highest BCUT2D eigenvalue weighted by atomic mass is 127. The summed E-state index contributed by atoms with van der Waals surface area (Å²) >= 11 is 0. The smallest absolute Gasteiger partial charge is 0.191 e. The average Bonchev–Trinajstić information content (AvgIpc) is 2.64. The number of guanidine groups is 1. The molecule has 0 aromatic heterocycles. The van der Waals surface area contributed by atoms with Crippen LogP contribution in [0.5, 0.6) is 0 Å². The molecule has 2 N–H and O–H groups in total. The summed E-state index contributed by atoms with van der Waals surface area (Å²) in [7, 11) is 3.87. The van der Waals surface area contributed by atoms with Gasteiger partial charge in [-0.15, -0.1) is 24.0 Å². The van der Waals surface area contributed by atoms with E-state index in [0.717, 1.165) is 31.0 Å². The molecule has 4 nitrogen and oxygen atoms in total. The number of halogens is 2. The van der Waals surface area contributed by atoms with Crippen molar-refractivity contribution in [2.45, 2.75) is 26.4 Å². The molecular formula is C21H30FIN4. The molecule has 0 aliphatic carbocycles. The molecule has 27 heavy (non-hydrogen) atoms. The van der Waals surface area contributed by atoms with E-state index in [1.807, 2.05) is 6.07 Å². The van der Waals surface area contributed by atoms with Crippen molar-refractivity contribution in [2.24, 2.45) is 4.99 Å². The number of nitrogens with one attached hydrogen (secondary N) is 2. The van der Waals surface area contributed by atoms with Crippen LogP contribution < -0.4 is 10.6 Å². The molecule has 0 aliphatic heterocycles. The zero-order valence-corrected chi connectivity index (χ0v) is 18.7. The van der Waals surface area contributed by atoms with Gasteiger partial charge >= 0.3 is 0 Å². The first-order valence-corrected chi connectivity index (χ1v) is 9.06. The summed E-state index contributed by atoms with van der Waals surface area (Å²) in [6.45, 7) is 5.55. The molecule has 0 amide bonds. The number of hydrogen-bond acceptors (Lipinski definition) is 2. The third-order valence-corrected chi connectivity index (χ3v) is 4.26. The second-order valence-electron chi connectivity index (χ2n) is 6.38. The Morgan fingerprint density at radius 3 is 2.44 bits per heavy atom. The van der Waals surface area contributed by atoms with Gasteiger partial charge in [0, 0.05) is 26.7 Å². The molecule has 0 spiro atoms. The van der Waals surface area contributed by atoms with Gasteiger partial charge in [-0.2, -0.15) is 0 Å². The minimum atomic E-state index is -0.196. The van der Waals surface area contributed by atoms with Gasteiger partial charge in [0.05, 0.1) is 0 Å². The molecule has 148 valence electrons. The Labute approximate surface area is 179 Å². The second kappa shape index (κ2) is 12.7. The van der Waals surface area contributed by atoms with Gasteiger partial charge in [-0.25, -0.2) is 4.39 Å². The summed E-state index contributed by atoms with van der Waals surface area (Å²) in [5.41, 5.74) is 3.50. The van der Waals surface area contributed by atoms with Crippen LogP contribution in [-0.4, -0.2) is 38.0 Å². The lowest BCUT2D eigenvalue weighted by molar-refractivity contribution is 0.345. The standard InChI is InChI=1S/C21H29FN4.HI/c1-4-26(3)16-19-9-5-8-18(13-19)15-25-21(23-2)24-12-11-17-7-6-10-20(22)14-17;/h5-10,13-14H,4,11-12,15-16H2,1-3H3,(H2,23,24,25);1H. The van der Waals surface area contributed by atoms with Crippen molar-refractivity contribution in [1.29, 1.82) is 0 Å². The molecule has 6 heteroatoms. The molecule has 0 aliphatic rings. The Bertz CT molecular complexity index is 721. The fraction of sp³-hybridized carbons (Fsp3) is 0.381. The Morgan fingerprint density at radius 1 is 1.04 bits per heavy atom. The number of nitrogens with zero attached hydrogens (tertiary/aromatic N) is 2. The van der Waals surface area contributed by atoms with Crippen LogP contribution in [0, 0.1) is 5.82 Å². The van der Waals surface area contributed by atoms with Crippen LogP contribution in [0.4, 0.5) is 4.39 Å². The lowest BCUT2D eigenvalue weighted by Crippen LogP contribution is -2.37.